The molecule has 0 rings (SSSR count). The normalized spacial score (nSPS) is 18.4. The topological polar surface area (TPSA) is 58.9 Å². The minimum Gasteiger partial charge on any atom is -0.388 e. The van der Waals surface area contributed by atoms with Crippen molar-refractivity contribution >= 4 is 0 Å². The van der Waals surface area contributed by atoms with Crippen molar-refractivity contribution in [2.75, 3.05) is 67.6 Å². The monoisotopic (exact) mass is 490 g/mol. The Morgan fingerprint density at radius 2 is 0.912 bits per heavy atom. The van der Waals surface area contributed by atoms with Crippen LogP contribution in [0.3, 0.4) is 0 Å². The molecule has 0 aromatic rings. The van der Waals surface area contributed by atoms with E-state index in [1.165, 1.54) is 0 Å². The second kappa shape index (κ2) is 17.3. The quantitative estimate of drug-likeness (QED) is 0.186. The molecule has 0 saturated carbocycles. The van der Waals surface area contributed by atoms with E-state index >= 15 is 0 Å². The molecule has 0 fully saturated rings. The SMILES string of the molecule is CCCC(OCCOC(CCC)C(CC)C[N+](C)(C)CC(C)O)C(CC)C[N+](C)(C)CC(C)O. The number of ether oxygens (including phenoxy) is 2. The van der Waals surface area contributed by atoms with Crippen LogP contribution in [0.4, 0.5) is 0 Å². The second-order valence-electron chi connectivity index (χ2n) is 12.0. The molecular weight excluding hydrogens is 428 g/mol. The van der Waals surface area contributed by atoms with Crippen molar-refractivity contribution in [3.05, 3.63) is 0 Å². The largest absolute Gasteiger partial charge is 0.388 e. The van der Waals surface area contributed by atoms with Crippen molar-refractivity contribution < 1.29 is 28.7 Å². The minimum absolute atomic E-state index is 0.234. The Hall–Kier alpha value is -0.240. The van der Waals surface area contributed by atoms with Crippen LogP contribution in [0.1, 0.15) is 80.1 Å². The molecule has 0 saturated heterocycles. The van der Waals surface area contributed by atoms with Crippen LogP contribution in [0.15, 0.2) is 0 Å². The van der Waals surface area contributed by atoms with E-state index in [9.17, 15) is 10.2 Å². The maximum atomic E-state index is 9.89. The number of hydrogen-bond donors (Lipinski definition) is 2. The van der Waals surface area contributed by atoms with Gasteiger partial charge in [-0.1, -0.05) is 40.5 Å². The van der Waals surface area contributed by atoms with Gasteiger partial charge in [-0.15, -0.1) is 0 Å². The first kappa shape index (κ1) is 33.8. The summed E-state index contributed by atoms with van der Waals surface area (Å²) in [5, 5.41) is 19.8. The lowest BCUT2D eigenvalue weighted by Crippen LogP contribution is -2.50. The highest BCUT2D eigenvalue weighted by Gasteiger charge is 2.31. The van der Waals surface area contributed by atoms with Crippen LogP contribution in [0, 0.1) is 11.8 Å². The first-order chi connectivity index (χ1) is 15.8. The van der Waals surface area contributed by atoms with Crippen LogP contribution in [-0.2, 0) is 9.47 Å². The molecule has 0 amide bonds. The van der Waals surface area contributed by atoms with E-state index in [1.54, 1.807) is 0 Å². The average molecular weight is 491 g/mol. The number of hydrogen-bond acceptors (Lipinski definition) is 4. The molecule has 0 radical (unpaired) electrons. The van der Waals surface area contributed by atoms with Crippen molar-refractivity contribution in [1.82, 2.24) is 0 Å². The lowest BCUT2D eigenvalue weighted by atomic mass is 9.94. The molecule has 6 atom stereocenters. The van der Waals surface area contributed by atoms with E-state index in [0.717, 1.165) is 73.7 Å². The molecule has 0 aliphatic heterocycles. The molecule has 6 nitrogen and oxygen atoms in total. The summed E-state index contributed by atoms with van der Waals surface area (Å²) in [7, 11) is 8.83. The Balaban J connectivity index is 4.98. The molecule has 206 valence electrons. The zero-order valence-electron chi connectivity index (χ0n) is 24.6. The number of aliphatic hydroxyl groups excluding tert-OH is 2. The fourth-order valence-corrected chi connectivity index (χ4v) is 5.75. The summed E-state index contributed by atoms with van der Waals surface area (Å²) in [6.45, 7) is 17.5. The molecular formula is C28H62N2O4+2. The van der Waals surface area contributed by atoms with Crippen LogP contribution >= 0.6 is 0 Å². The first-order valence-corrected chi connectivity index (χ1v) is 14.0. The van der Waals surface area contributed by atoms with Crippen molar-refractivity contribution in [3.8, 4) is 0 Å². The predicted octanol–water partition coefficient (Wildman–Crippen LogP) is 4.32. The Labute approximate surface area is 212 Å². The van der Waals surface area contributed by atoms with Gasteiger partial charge in [-0.25, -0.2) is 0 Å². The summed E-state index contributed by atoms with van der Waals surface area (Å²) in [5.74, 6) is 0.948. The van der Waals surface area contributed by atoms with E-state index < -0.39 is 0 Å². The fraction of sp³-hybridized carbons (Fsp3) is 1.00. The predicted molar refractivity (Wildman–Crippen MR) is 144 cm³/mol. The third-order valence-corrected chi connectivity index (χ3v) is 6.97. The summed E-state index contributed by atoms with van der Waals surface area (Å²) in [5.41, 5.74) is 0. The van der Waals surface area contributed by atoms with Crippen molar-refractivity contribution in [1.29, 1.82) is 0 Å². The highest BCUT2D eigenvalue weighted by Crippen LogP contribution is 2.23. The van der Waals surface area contributed by atoms with Crippen molar-refractivity contribution in [2.24, 2.45) is 11.8 Å². The molecule has 6 heteroatoms. The molecule has 0 aliphatic carbocycles. The fourth-order valence-electron chi connectivity index (χ4n) is 5.75. The maximum absolute atomic E-state index is 9.89. The van der Waals surface area contributed by atoms with Crippen LogP contribution in [0.5, 0.6) is 0 Å². The van der Waals surface area contributed by atoms with Gasteiger partial charge in [-0.2, -0.15) is 0 Å². The average Bonchev–Trinajstić information content (AvgIpc) is 2.70. The Morgan fingerprint density at radius 1 is 0.588 bits per heavy atom. The standard InChI is InChI=1S/C28H62N2O4/c1-11-15-27(25(13-3)21-29(7,8)19-23(5)31)33-17-18-34-28(16-12-2)26(14-4)22-30(9,10)20-24(6)32/h23-28,31-32H,11-22H2,1-10H3/q+2. The minimum atomic E-state index is -0.294. The molecule has 34 heavy (non-hydrogen) atoms. The number of quaternary nitrogens is 2. The summed E-state index contributed by atoms with van der Waals surface area (Å²) >= 11 is 0. The number of nitrogens with zero attached hydrogens (tertiary/aromatic N) is 2. The highest BCUT2D eigenvalue weighted by atomic mass is 16.5. The Bertz CT molecular complexity index is 453. The number of rotatable bonds is 21. The molecule has 6 unspecified atom stereocenters. The Kier molecular flexibility index (Phi) is 17.1. The van der Waals surface area contributed by atoms with Gasteiger partial charge in [-0.05, 0) is 39.5 Å². The summed E-state index contributed by atoms with van der Waals surface area (Å²) < 4.78 is 14.5. The lowest BCUT2D eigenvalue weighted by Gasteiger charge is -2.37. The summed E-state index contributed by atoms with van der Waals surface area (Å²) in [6, 6.07) is 0. The van der Waals surface area contributed by atoms with Crippen LogP contribution in [0.2, 0.25) is 0 Å². The first-order valence-electron chi connectivity index (χ1n) is 14.0. The molecule has 0 spiro atoms. The van der Waals surface area contributed by atoms with Crippen molar-refractivity contribution in [2.45, 2.75) is 104 Å². The number of likely N-dealkylation sites (N-methyl/N-ethyl adjacent to an activating group) is 2. The molecule has 0 aromatic carbocycles. The Morgan fingerprint density at radius 3 is 1.15 bits per heavy atom. The maximum Gasteiger partial charge on any atom is 0.104 e. The molecule has 0 bridgehead atoms. The van der Waals surface area contributed by atoms with Gasteiger partial charge in [0.05, 0.1) is 66.7 Å². The van der Waals surface area contributed by atoms with E-state index in [2.05, 4.69) is 55.9 Å². The van der Waals surface area contributed by atoms with E-state index in [4.69, 9.17) is 9.47 Å². The van der Waals surface area contributed by atoms with Gasteiger partial charge in [0.15, 0.2) is 0 Å². The van der Waals surface area contributed by atoms with E-state index in [1.807, 2.05) is 13.8 Å². The van der Waals surface area contributed by atoms with E-state index in [-0.39, 0.29) is 24.4 Å². The van der Waals surface area contributed by atoms with Gasteiger partial charge >= 0.3 is 0 Å². The summed E-state index contributed by atoms with van der Waals surface area (Å²) in [6.07, 6.45) is 6.39. The molecule has 0 heterocycles. The second-order valence-corrected chi connectivity index (χ2v) is 12.0. The van der Waals surface area contributed by atoms with Gasteiger partial charge < -0.3 is 28.7 Å². The molecule has 0 aromatic heterocycles. The van der Waals surface area contributed by atoms with Gasteiger partial charge in [0.1, 0.15) is 25.3 Å². The van der Waals surface area contributed by atoms with Crippen LogP contribution in [-0.4, -0.2) is 111 Å². The van der Waals surface area contributed by atoms with E-state index in [0.29, 0.717) is 25.0 Å². The zero-order chi connectivity index (χ0) is 26.4. The lowest BCUT2D eigenvalue weighted by molar-refractivity contribution is -0.897. The molecule has 2 N–H and O–H groups in total. The molecule has 0 aliphatic rings. The van der Waals surface area contributed by atoms with Crippen LogP contribution < -0.4 is 0 Å². The van der Waals surface area contributed by atoms with Gasteiger partial charge in [0.25, 0.3) is 0 Å². The van der Waals surface area contributed by atoms with Gasteiger partial charge in [-0.3, -0.25) is 0 Å². The zero-order valence-corrected chi connectivity index (χ0v) is 24.6. The third-order valence-electron chi connectivity index (χ3n) is 6.97. The summed E-state index contributed by atoms with van der Waals surface area (Å²) in [4.78, 5) is 0. The van der Waals surface area contributed by atoms with Gasteiger partial charge in [0, 0.05) is 11.8 Å². The third kappa shape index (κ3) is 15.0. The van der Waals surface area contributed by atoms with Gasteiger partial charge in [0.2, 0.25) is 0 Å². The highest BCUT2D eigenvalue weighted by molar-refractivity contribution is 4.72. The van der Waals surface area contributed by atoms with Crippen LogP contribution in [0.25, 0.3) is 0 Å². The number of aliphatic hydroxyl groups is 2. The smallest absolute Gasteiger partial charge is 0.104 e. The van der Waals surface area contributed by atoms with Crippen molar-refractivity contribution in [3.63, 3.8) is 0 Å².